The smallest absolute Gasteiger partial charge is 0.261 e. The van der Waals surface area contributed by atoms with Crippen molar-refractivity contribution in [2.75, 3.05) is 13.7 Å². The van der Waals surface area contributed by atoms with E-state index >= 15 is 0 Å². The summed E-state index contributed by atoms with van der Waals surface area (Å²) in [5, 5.41) is 2.87. The van der Waals surface area contributed by atoms with Crippen LogP contribution in [0.5, 0.6) is 11.5 Å². The van der Waals surface area contributed by atoms with Crippen molar-refractivity contribution in [2.24, 2.45) is 0 Å². The Morgan fingerprint density at radius 2 is 1.70 bits per heavy atom. The third kappa shape index (κ3) is 6.79. The Hall–Kier alpha value is -3.02. The van der Waals surface area contributed by atoms with Crippen LogP contribution in [0.1, 0.15) is 38.8 Å². The van der Waals surface area contributed by atoms with Gasteiger partial charge in [-0.05, 0) is 62.6 Å². The highest BCUT2D eigenvalue weighted by Gasteiger charge is 2.27. The molecule has 0 aliphatic heterocycles. The van der Waals surface area contributed by atoms with Crippen LogP contribution in [0.25, 0.3) is 0 Å². The third-order valence-corrected chi connectivity index (χ3v) is 4.78. The first-order valence-corrected chi connectivity index (χ1v) is 10.3. The Morgan fingerprint density at radius 3 is 2.30 bits per heavy atom. The number of benzene rings is 2. The van der Waals surface area contributed by atoms with Crippen LogP contribution in [0.15, 0.2) is 48.5 Å². The lowest BCUT2D eigenvalue weighted by Gasteiger charge is -2.29. The Kier molecular flexibility index (Phi) is 8.71. The molecule has 2 rings (SSSR count). The minimum Gasteiger partial charge on any atom is -0.497 e. The Bertz CT molecular complexity index is 833. The summed E-state index contributed by atoms with van der Waals surface area (Å²) >= 11 is 0. The molecule has 0 spiro atoms. The minimum absolute atomic E-state index is 0.0120. The van der Waals surface area contributed by atoms with Gasteiger partial charge in [-0.25, -0.2) is 0 Å². The average Bonchev–Trinajstić information content (AvgIpc) is 2.75. The van der Waals surface area contributed by atoms with Gasteiger partial charge in [0.1, 0.15) is 17.5 Å². The van der Waals surface area contributed by atoms with Crippen molar-refractivity contribution < 1.29 is 19.1 Å². The van der Waals surface area contributed by atoms with E-state index < -0.39 is 6.04 Å². The molecule has 2 aromatic carbocycles. The molecule has 1 N–H and O–H groups in total. The molecule has 0 saturated carbocycles. The summed E-state index contributed by atoms with van der Waals surface area (Å²) in [4.78, 5) is 27.1. The first-order valence-electron chi connectivity index (χ1n) is 10.3. The summed E-state index contributed by atoms with van der Waals surface area (Å²) < 4.78 is 11.0. The van der Waals surface area contributed by atoms with E-state index in [2.05, 4.69) is 12.2 Å². The molecule has 0 saturated heterocycles. The third-order valence-electron chi connectivity index (χ3n) is 4.78. The number of aryl methyl sites for hydroxylation is 1. The minimum atomic E-state index is -0.642. The molecule has 0 aliphatic carbocycles. The number of rotatable bonds is 10. The van der Waals surface area contributed by atoms with Crippen LogP contribution in [0.2, 0.25) is 0 Å². The fourth-order valence-corrected chi connectivity index (χ4v) is 3.00. The molecule has 30 heavy (non-hydrogen) atoms. The highest BCUT2D eigenvalue weighted by Crippen LogP contribution is 2.17. The number of amides is 2. The number of nitrogens with zero attached hydrogens (tertiary/aromatic N) is 1. The maximum absolute atomic E-state index is 13.0. The molecule has 1 atom stereocenters. The molecule has 2 aromatic rings. The van der Waals surface area contributed by atoms with Gasteiger partial charge in [-0.2, -0.15) is 0 Å². The van der Waals surface area contributed by atoms with Crippen LogP contribution >= 0.6 is 0 Å². The van der Waals surface area contributed by atoms with Gasteiger partial charge in [0.05, 0.1) is 7.11 Å². The van der Waals surface area contributed by atoms with Crippen LogP contribution in [-0.4, -0.2) is 42.5 Å². The van der Waals surface area contributed by atoms with E-state index in [-0.39, 0.29) is 31.0 Å². The van der Waals surface area contributed by atoms with E-state index in [1.165, 1.54) is 10.5 Å². The van der Waals surface area contributed by atoms with Gasteiger partial charge in [0.2, 0.25) is 5.91 Å². The lowest BCUT2D eigenvalue weighted by molar-refractivity contribution is -0.142. The summed E-state index contributed by atoms with van der Waals surface area (Å²) in [5.41, 5.74) is 2.08. The fourth-order valence-electron chi connectivity index (χ4n) is 3.00. The highest BCUT2D eigenvalue weighted by atomic mass is 16.5. The fraction of sp³-hybridized carbons (Fsp3) is 0.417. The number of hydrogen-bond acceptors (Lipinski definition) is 4. The summed E-state index contributed by atoms with van der Waals surface area (Å²) in [6.45, 7) is 7.73. The van der Waals surface area contributed by atoms with Crippen molar-refractivity contribution in [1.29, 1.82) is 0 Å². The monoisotopic (exact) mass is 412 g/mol. The Labute approximate surface area is 179 Å². The second-order valence-electron chi connectivity index (χ2n) is 7.50. The molecule has 0 fully saturated rings. The molecular weight excluding hydrogens is 380 g/mol. The van der Waals surface area contributed by atoms with Crippen molar-refractivity contribution in [3.63, 3.8) is 0 Å². The Morgan fingerprint density at radius 1 is 1.00 bits per heavy atom. The molecule has 0 bridgehead atoms. The number of carbonyl (C=O) groups is 2. The van der Waals surface area contributed by atoms with Gasteiger partial charge in [-0.1, -0.05) is 31.2 Å². The topological polar surface area (TPSA) is 67.9 Å². The van der Waals surface area contributed by atoms with Gasteiger partial charge in [-0.15, -0.1) is 0 Å². The van der Waals surface area contributed by atoms with Crippen molar-refractivity contribution in [1.82, 2.24) is 10.2 Å². The molecular formula is C24H32N2O4. The lowest BCUT2D eigenvalue weighted by Crippen LogP contribution is -2.50. The van der Waals surface area contributed by atoms with Crippen LogP contribution < -0.4 is 14.8 Å². The van der Waals surface area contributed by atoms with Crippen molar-refractivity contribution in [3.8, 4) is 11.5 Å². The summed E-state index contributed by atoms with van der Waals surface area (Å²) in [6, 6.07) is 14.5. The molecule has 6 nitrogen and oxygen atoms in total. The highest BCUT2D eigenvalue weighted by molar-refractivity contribution is 5.88. The maximum Gasteiger partial charge on any atom is 0.261 e. The van der Waals surface area contributed by atoms with Crippen LogP contribution in [-0.2, 0) is 22.6 Å². The van der Waals surface area contributed by atoms with Crippen LogP contribution in [0.4, 0.5) is 0 Å². The van der Waals surface area contributed by atoms with Crippen molar-refractivity contribution in [2.45, 2.75) is 52.7 Å². The first kappa shape index (κ1) is 23.3. The number of ether oxygens (including phenoxy) is 2. The quantitative estimate of drug-likeness (QED) is 0.648. The zero-order valence-corrected chi connectivity index (χ0v) is 18.5. The van der Waals surface area contributed by atoms with E-state index in [0.717, 1.165) is 12.0 Å². The molecule has 0 unspecified atom stereocenters. The van der Waals surface area contributed by atoms with Crippen LogP contribution in [0.3, 0.4) is 0 Å². The Balaban J connectivity index is 2.15. The molecule has 6 heteroatoms. The summed E-state index contributed by atoms with van der Waals surface area (Å²) in [6.07, 6.45) is 0.940. The standard InChI is InChI=1S/C24H32N2O4/c1-6-19-10-12-21(13-11-19)30-16-23(27)26(18(4)24(28)25-17(2)3)15-20-8-7-9-22(14-20)29-5/h7-14,17-18H,6,15-16H2,1-5H3,(H,25,28)/t18-/m1/s1. The summed E-state index contributed by atoms with van der Waals surface area (Å²) in [5.74, 6) is 0.866. The van der Waals surface area contributed by atoms with E-state index in [1.807, 2.05) is 62.4 Å². The largest absolute Gasteiger partial charge is 0.497 e. The molecule has 0 aromatic heterocycles. The maximum atomic E-state index is 13.0. The zero-order chi connectivity index (χ0) is 22.1. The van der Waals surface area contributed by atoms with Gasteiger partial charge < -0.3 is 19.7 Å². The van der Waals surface area contributed by atoms with Gasteiger partial charge in [0.15, 0.2) is 6.61 Å². The normalized spacial score (nSPS) is 11.7. The number of hydrogen-bond donors (Lipinski definition) is 1. The molecule has 2 amide bonds. The average molecular weight is 413 g/mol. The number of nitrogens with one attached hydrogen (secondary N) is 1. The second-order valence-corrected chi connectivity index (χ2v) is 7.50. The summed E-state index contributed by atoms with van der Waals surface area (Å²) in [7, 11) is 1.60. The SMILES string of the molecule is CCc1ccc(OCC(=O)N(Cc2cccc(OC)c2)[C@H](C)C(=O)NC(C)C)cc1. The van der Waals surface area contributed by atoms with E-state index in [9.17, 15) is 9.59 Å². The van der Waals surface area contributed by atoms with Gasteiger partial charge in [0, 0.05) is 12.6 Å². The second kappa shape index (κ2) is 11.2. The predicted molar refractivity (Wildman–Crippen MR) is 118 cm³/mol. The van der Waals surface area contributed by atoms with Gasteiger partial charge >= 0.3 is 0 Å². The van der Waals surface area contributed by atoms with Gasteiger partial charge in [0.25, 0.3) is 5.91 Å². The molecule has 0 heterocycles. The van der Waals surface area contributed by atoms with E-state index in [1.54, 1.807) is 14.0 Å². The molecule has 0 aliphatic rings. The number of carbonyl (C=O) groups excluding carboxylic acids is 2. The lowest BCUT2D eigenvalue weighted by atomic mass is 10.1. The van der Waals surface area contributed by atoms with E-state index in [0.29, 0.717) is 11.5 Å². The van der Waals surface area contributed by atoms with Crippen molar-refractivity contribution >= 4 is 11.8 Å². The van der Waals surface area contributed by atoms with Gasteiger partial charge in [-0.3, -0.25) is 9.59 Å². The predicted octanol–water partition coefficient (Wildman–Crippen LogP) is 3.58. The van der Waals surface area contributed by atoms with E-state index in [4.69, 9.17) is 9.47 Å². The first-order chi connectivity index (χ1) is 14.3. The molecule has 162 valence electrons. The van der Waals surface area contributed by atoms with Crippen molar-refractivity contribution in [3.05, 3.63) is 59.7 Å². The number of methoxy groups -OCH3 is 1. The zero-order valence-electron chi connectivity index (χ0n) is 18.5. The van der Waals surface area contributed by atoms with Crippen LogP contribution in [0, 0.1) is 0 Å². The molecule has 0 radical (unpaired) electrons.